The van der Waals surface area contributed by atoms with E-state index in [0.717, 1.165) is 5.56 Å². The number of ether oxygens (including phenoxy) is 2. The first-order chi connectivity index (χ1) is 10.5. The monoisotopic (exact) mass is 350 g/mol. The molecule has 1 aromatic rings. The van der Waals surface area contributed by atoms with Crippen LogP contribution >= 0.6 is 12.4 Å². The van der Waals surface area contributed by atoms with Crippen molar-refractivity contribution in [1.29, 1.82) is 0 Å². The SMILES string of the molecule is COCCOc1cccc(CNC(=O)C2CC(F)(F)CN2)c1.Cl. The topological polar surface area (TPSA) is 59.6 Å². The van der Waals surface area contributed by atoms with Crippen molar-refractivity contribution in [2.75, 3.05) is 26.9 Å². The highest BCUT2D eigenvalue weighted by atomic mass is 35.5. The molecule has 0 spiro atoms. The minimum Gasteiger partial charge on any atom is -0.491 e. The van der Waals surface area contributed by atoms with Gasteiger partial charge in [-0.2, -0.15) is 0 Å². The molecule has 1 heterocycles. The van der Waals surface area contributed by atoms with Crippen molar-refractivity contribution in [3.8, 4) is 5.75 Å². The number of methoxy groups -OCH3 is 1. The Morgan fingerprint density at radius 1 is 1.43 bits per heavy atom. The number of halogens is 3. The van der Waals surface area contributed by atoms with Gasteiger partial charge >= 0.3 is 0 Å². The molecule has 1 saturated heterocycles. The number of hydrogen-bond donors (Lipinski definition) is 2. The van der Waals surface area contributed by atoms with Crippen LogP contribution in [0.3, 0.4) is 0 Å². The zero-order valence-electron chi connectivity index (χ0n) is 12.8. The van der Waals surface area contributed by atoms with Crippen LogP contribution in [0.2, 0.25) is 0 Å². The first kappa shape index (κ1) is 19.6. The summed E-state index contributed by atoms with van der Waals surface area (Å²) in [6.45, 7) is 0.744. The molecule has 8 heteroatoms. The number of carbonyl (C=O) groups is 1. The van der Waals surface area contributed by atoms with E-state index in [-0.39, 0.29) is 19.0 Å². The lowest BCUT2D eigenvalue weighted by Crippen LogP contribution is -2.40. The molecule has 1 unspecified atom stereocenters. The number of amides is 1. The van der Waals surface area contributed by atoms with Crippen LogP contribution in [-0.4, -0.2) is 44.7 Å². The molecule has 23 heavy (non-hydrogen) atoms. The van der Waals surface area contributed by atoms with Gasteiger partial charge in [0.1, 0.15) is 12.4 Å². The van der Waals surface area contributed by atoms with E-state index in [1.54, 1.807) is 19.2 Å². The summed E-state index contributed by atoms with van der Waals surface area (Å²) in [5, 5.41) is 5.19. The number of rotatable bonds is 7. The highest BCUT2D eigenvalue weighted by molar-refractivity contribution is 5.85. The molecule has 5 nitrogen and oxygen atoms in total. The second-order valence-corrected chi connectivity index (χ2v) is 5.20. The first-order valence-corrected chi connectivity index (χ1v) is 7.10. The van der Waals surface area contributed by atoms with Gasteiger partial charge in [0.2, 0.25) is 5.91 Å². The lowest BCUT2D eigenvalue weighted by atomic mass is 10.1. The Kier molecular flexibility index (Phi) is 7.67. The van der Waals surface area contributed by atoms with Gasteiger partial charge in [-0.1, -0.05) is 12.1 Å². The van der Waals surface area contributed by atoms with Crippen molar-refractivity contribution in [3.05, 3.63) is 29.8 Å². The van der Waals surface area contributed by atoms with E-state index < -0.39 is 30.8 Å². The minimum absolute atomic E-state index is 0. The fraction of sp³-hybridized carbons (Fsp3) is 0.533. The summed E-state index contributed by atoms with van der Waals surface area (Å²) in [6.07, 6.45) is -0.459. The van der Waals surface area contributed by atoms with Gasteiger partial charge in [0.25, 0.3) is 5.92 Å². The van der Waals surface area contributed by atoms with Gasteiger partial charge in [-0.25, -0.2) is 8.78 Å². The molecule has 1 atom stereocenters. The van der Waals surface area contributed by atoms with Crippen molar-refractivity contribution in [2.24, 2.45) is 0 Å². The van der Waals surface area contributed by atoms with Gasteiger partial charge in [0, 0.05) is 20.1 Å². The minimum atomic E-state index is -2.81. The van der Waals surface area contributed by atoms with Crippen LogP contribution in [0.15, 0.2) is 24.3 Å². The average Bonchev–Trinajstić information content (AvgIpc) is 2.86. The number of benzene rings is 1. The quantitative estimate of drug-likeness (QED) is 0.736. The van der Waals surface area contributed by atoms with E-state index in [4.69, 9.17) is 9.47 Å². The maximum atomic E-state index is 13.0. The molecule has 0 aromatic heterocycles. The van der Waals surface area contributed by atoms with Gasteiger partial charge < -0.3 is 14.8 Å². The second-order valence-electron chi connectivity index (χ2n) is 5.20. The number of hydrogen-bond acceptors (Lipinski definition) is 4. The van der Waals surface area contributed by atoms with Crippen molar-refractivity contribution in [1.82, 2.24) is 10.6 Å². The summed E-state index contributed by atoms with van der Waals surface area (Å²) >= 11 is 0. The third-order valence-corrected chi connectivity index (χ3v) is 3.35. The smallest absolute Gasteiger partial charge is 0.262 e. The van der Waals surface area contributed by atoms with Crippen LogP contribution in [0.25, 0.3) is 0 Å². The fourth-order valence-corrected chi connectivity index (χ4v) is 2.20. The summed E-state index contributed by atoms with van der Waals surface area (Å²) in [6, 6.07) is 6.41. The molecule has 0 bridgehead atoms. The molecule has 2 N–H and O–H groups in total. The molecule has 0 saturated carbocycles. The summed E-state index contributed by atoms with van der Waals surface area (Å²) in [7, 11) is 1.59. The molecule has 1 aliphatic heterocycles. The van der Waals surface area contributed by atoms with Crippen LogP contribution in [0.4, 0.5) is 8.78 Å². The van der Waals surface area contributed by atoms with E-state index in [0.29, 0.717) is 19.0 Å². The predicted octanol–water partition coefficient (Wildman–Crippen LogP) is 1.75. The van der Waals surface area contributed by atoms with Gasteiger partial charge in [-0.3, -0.25) is 10.1 Å². The summed E-state index contributed by atoms with van der Waals surface area (Å²) < 4.78 is 36.5. The molecule has 0 radical (unpaired) electrons. The maximum absolute atomic E-state index is 13.0. The van der Waals surface area contributed by atoms with Crippen LogP contribution in [0.5, 0.6) is 5.75 Å². The van der Waals surface area contributed by atoms with Gasteiger partial charge in [0.05, 0.1) is 19.2 Å². The zero-order chi connectivity index (χ0) is 16.0. The van der Waals surface area contributed by atoms with Crippen LogP contribution in [0.1, 0.15) is 12.0 Å². The van der Waals surface area contributed by atoms with E-state index in [2.05, 4.69) is 10.6 Å². The largest absolute Gasteiger partial charge is 0.491 e. The number of carbonyl (C=O) groups excluding carboxylic acids is 1. The fourth-order valence-electron chi connectivity index (χ4n) is 2.20. The lowest BCUT2D eigenvalue weighted by Gasteiger charge is -2.12. The molecular formula is C15H21ClF2N2O3. The Labute approximate surface area is 140 Å². The summed E-state index contributed by atoms with van der Waals surface area (Å²) in [4.78, 5) is 11.8. The number of alkyl halides is 2. The van der Waals surface area contributed by atoms with Crippen LogP contribution in [0, 0.1) is 0 Å². The van der Waals surface area contributed by atoms with Gasteiger partial charge in [0.15, 0.2) is 0 Å². The van der Waals surface area contributed by atoms with Gasteiger partial charge in [-0.05, 0) is 17.7 Å². The molecule has 1 amide bonds. The molecule has 1 aromatic carbocycles. The lowest BCUT2D eigenvalue weighted by molar-refractivity contribution is -0.123. The summed E-state index contributed by atoms with van der Waals surface area (Å²) in [5.41, 5.74) is 0.841. The van der Waals surface area contributed by atoms with Crippen molar-refractivity contribution < 1.29 is 23.0 Å². The molecule has 130 valence electrons. The molecular weight excluding hydrogens is 330 g/mol. The summed E-state index contributed by atoms with van der Waals surface area (Å²) in [5.74, 6) is -2.55. The van der Waals surface area contributed by atoms with Crippen LogP contribution in [-0.2, 0) is 16.1 Å². The van der Waals surface area contributed by atoms with Crippen molar-refractivity contribution >= 4 is 18.3 Å². The van der Waals surface area contributed by atoms with Crippen LogP contribution < -0.4 is 15.4 Å². The van der Waals surface area contributed by atoms with Crippen molar-refractivity contribution in [3.63, 3.8) is 0 Å². The third-order valence-electron chi connectivity index (χ3n) is 3.35. The van der Waals surface area contributed by atoms with Gasteiger partial charge in [-0.15, -0.1) is 12.4 Å². The maximum Gasteiger partial charge on any atom is 0.262 e. The first-order valence-electron chi connectivity index (χ1n) is 7.10. The van der Waals surface area contributed by atoms with E-state index in [1.807, 2.05) is 12.1 Å². The predicted molar refractivity (Wildman–Crippen MR) is 84.3 cm³/mol. The Morgan fingerprint density at radius 3 is 2.87 bits per heavy atom. The third kappa shape index (κ3) is 6.29. The molecule has 2 rings (SSSR count). The average molecular weight is 351 g/mol. The Hall–Kier alpha value is -1.44. The zero-order valence-corrected chi connectivity index (χ0v) is 13.6. The number of nitrogens with one attached hydrogen (secondary N) is 2. The Bertz CT molecular complexity index is 517. The molecule has 1 fully saturated rings. The van der Waals surface area contributed by atoms with E-state index in [9.17, 15) is 13.6 Å². The Morgan fingerprint density at radius 2 is 2.22 bits per heavy atom. The van der Waals surface area contributed by atoms with E-state index in [1.165, 1.54) is 0 Å². The Balaban J connectivity index is 0.00000264. The molecule has 1 aliphatic rings. The standard InChI is InChI=1S/C15H20F2N2O3.ClH/c1-21-5-6-22-12-4-2-3-11(7-12)9-18-14(20)13-8-15(16,17)10-19-13;/h2-4,7,13,19H,5-6,8-10H2,1H3,(H,18,20);1H. The normalized spacial score (nSPS) is 19.0. The highest BCUT2D eigenvalue weighted by Gasteiger charge is 2.42. The highest BCUT2D eigenvalue weighted by Crippen LogP contribution is 2.25. The molecule has 0 aliphatic carbocycles. The van der Waals surface area contributed by atoms with Crippen molar-refractivity contribution in [2.45, 2.75) is 24.9 Å². The second kappa shape index (κ2) is 9.00. The van der Waals surface area contributed by atoms with E-state index >= 15 is 0 Å².